The second-order valence-corrected chi connectivity index (χ2v) is 13.5. The van der Waals surface area contributed by atoms with Gasteiger partial charge in [-0.05, 0) is 84.9 Å². The predicted octanol–water partition coefficient (Wildman–Crippen LogP) is 4.88. The highest BCUT2D eigenvalue weighted by molar-refractivity contribution is 7.16. The summed E-state index contributed by atoms with van der Waals surface area (Å²) in [6.45, 7) is 13.5. The van der Waals surface area contributed by atoms with Crippen molar-refractivity contribution in [2.45, 2.75) is 90.3 Å². The molecule has 1 aliphatic heterocycles. The Kier molecular flexibility index (Phi) is 9.06. The van der Waals surface area contributed by atoms with Gasteiger partial charge in [-0.1, -0.05) is 12.1 Å². The van der Waals surface area contributed by atoms with Crippen LogP contribution in [0.3, 0.4) is 0 Å². The van der Waals surface area contributed by atoms with Crippen molar-refractivity contribution < 1.29 is 9.26 Å². The smallest absolute Gasteiger partial charge is 0.219 e. The van der Waals surface area contributed by atoms with Gasteiger partial charge in [0.25, 0.3) is 0 Å². The Bertz CT molecular complexity index is 1420. The highest BCUT2D eigenvalue weighted by Crippen LogP contribution is 2.49. The number of nitrogen functional groups attached to an aromatic ring is 1. The first kappa shape index (κ1) is 30.3. The summed E-state index contributed by atoms with van der Waals surface area (Å²) in [6.07, 6.45) is 4.90. The van der Waals surface area contributed by atoms with Gasteiger partial charge >= 0.3 is 0 Å². The van der Waals surface area contributed by atoms with Crippen LogP contribution in [0.1, 0.15) is 82.0 Å². The number of fused-ring (bicyclic) bond motifs is 1. The van der Waals surface area contributed by atoms with Gasteiger partial charge in [0.15, 0.2) is 0 Å². The van der Waals surface area contributed by atoms with Crippen molar-refractivity contribution in [2.24, 2.45) is 5.92 Å². The van der Waals surface area contributed by atoms with E-state index in [1.807, 2.05) is 19.2 Å². The molecule has 4 heterocycles. The number of aryl methyl sites for hydroxylation is 1. The number of hydrogen-bond acceptors (Lipinski definition) is 11. The van der Waals surface area contributed by atoms with Crippen molar-refractivity contribution in [1.82, 2.24) is 25.8 Å². The molecule has 0 amide bonds. The Balaban J connectivity index is 1.49. The lowest BCUT2D eigenvalue weighted by Gasteiger charge is -2.37. The molecule has 11 heteroatoms. The van der Waals surface area contributed by atoms with E-state index in [4.69, 9.17) is 25.0 Å². The maximum Gasteiger partial charge on any atom is 0.219 e. The highest BCUT2D eigenvalue weighted by Gasteiger charge is 2.41. The van der Waals surface area contributed by atoms with E-state index < -0.39 is 5.41 Å². The van der Waals surface area contributed by atoms with E-state index in [1.54, 1.807) is 0 Å². The van der Waals surface area contributed by atoms with E-state index in [0.717, 1.165) is 73.7 Å². The number of anilines is 2. The summed E-state index contributed by atoms with van der Waals surface area (Å²) >= 11 is 1.52. The van der Waals surface area contributed by atoms with Crippen molar-refractivity contribution >= 4 is 22.2 Å². The van der Waals surface area contributed by atoms with Gasteiger partial charge in [-0.2, -0.15) is 10.2 Å². The van der Waals surface area contributed by atoms with E-state index >= 15 is 0 Å². The molecule has 0 bridgehead atoms. The molecule has 5 atom stereocenters. The molecular formula is C31H44N8O2S. The normalized spacial score (nSPS) is 23.7. The number of nitriles is 1. The molecule has 226 valence electrons. The summed E-state index contributed by atoms with van der Waals surface area (Å²) in [5.74, 6) is 2.64. The molecule has 3 aromatic rings. The van der Waals surface area contributed by atoms with Gasteiger partial charge < -0.3 is 30.5 Å². The number of thiophene rings is 1. The van der Waals surface area contributed by atoms with E-state index in [1.165, 1.54) is 11.3 Å². The second kappa shape index (κ2) is 12.6. The molecule has 1 unspecified atom stereocenters. The molecule has 5 rings (SSSR count). The van der Waals surface area contributed by atoms with Crippen molar-refractivity contribution in [3.05, 3.63) is 33.8 Å². The van der Waals surface area contributed by atoms with Crippen LogP contribution < -0.4 is 26.0 Å². The van der Waals surface area contributed by atoms with Crippen LogP contribution in [0.5, 0.6) is 5.88 Å². The van der Waals surface area contributed by atoms with E-state index in [2.05, 4.69) is 61.4 Å². The molecule has 0 spiro atoms. The first-order valence-electron chi connectivity index (χ1n) is 15.1. The van der Waals surface area contributed by atoms with Crippen LogP contribution in [0.2, 0.25) is 0 Å². The first-order valence-corrected chi connectivity index (χ1v) is 15.9. The third kappa shape index (κ3) is 6.12. The standard InChI is InChI=1S/C31H44N8O2S/c1-18(9-8-12-34-6)21(4)40-27-14-26(39-16-19(2)35-20(3)17-39)36-30(37-27)23-13-25(38-41-23)31(5)11-7-10-24-28(31)22(15-32)29(33)42-24/h13-14,18-21,34-35H,7-12,16-17,33H2,1-6H3/t18?,19-,20+,21-,31+/m0/s1. The van der Waals surface area contributed by atoms with Gasteiger partial charge in [0.2, 0.25) is 17.5 Å². The fourth-order valence-corrected chi connectivity index (χ4v) is 7.58. The molecule has 1 fully saturated rings. The quantitative estimate of drug-likeness (QED) is 0.279. The lowest BCUT2D eigenvalue weighted by atomic mass is 9.70. The van der Waals surface area contributed by atoms with Crippen LogP contribution >= 0.6 is 11.3 Å². The topological polar surface area (TPSA) is 138 Å². The fourth-order valence-electron chi connectivity index (χ4n) is 6.39. The van der Waals surface area contributed by atoms with Crippen molar-refractivity contribution in [1.29, 1.82) is 5.26 Å². The summed E-state index contributed by atoms with van der Waals surface area (Å²) in [4.78, 5) is 13.2. The Labute approximate surface area is 253 Å². The molecule has 42 heavy (non-hydrogen) atoms. The van der Waals surface area contributed by atoms with Gasteiger partial charge in [-0.25, -0.2) is 4.98 Å². The lowest BCUT2D eigenvalue weighted by molar-refractivity contribution is 0.147. The number of hydrogen-bond donors (Lipinski definition) is 3. The third-order valence-corrected chi connectivity index (χ3v) is 9.89. The van der Waals surface area contributed by atoms with Crippen LogP contribution in [0, 0.1) is 17.2 Å². The summed E-state index contributed by atoms with van der Waals surface area (Å²) in [5.41, 5.74) is 8.09. The molecule has 0 saturated carbocycles. The highest BCUT2D eigenvalue weighted by atomic mass is 32.1. The van der Waals surface area contributed by atoms with Gasteiger partial charge in [-0.3, -0.25) is 0 Å². The minimum absolute atomic E-state index is 0.0170. The molecular weight excluding hydrogens is 548 g/mol. The van der Waals surface area contributed by atoms with Crippen LogP contribution in [-0.4, -0.2) is 60.0 Å². The average molecular weight is 593 g/mol. The lowest BCUT2D eigenvalue weighted by Crippen LogP contribution is -2.54. The number of nitrogens with zero attached hydrogens (tertiary/aromatic N) is 5. The molecule has 2 aliphatic rings. The summed E-state index contributed by atoms with van der Waals surface area (Å²) in [7, 11) is 1.98. The van der Waals surface area contributed by atoms with E-state index in [9.17, 15) is 5.26 Å². The van der Waals surface area contributed by atoms with Gasteiger partial charge in [0.05, 0.1) is 11.3 Å². The van der Waals surface area contributed by atoms with Crippen molar-refractivity contribution in [3.8, 4) is 23.5 Å². The Hall–Kier alpha value is -3.20. The zero-order chi connectivity index (χ0) is 30.0. The largest absolute Gasteiger partial charge is 0.474 e. The predicted molar refractivity (Wildman–Crippen MR) is 167 cm³/mol. The Morgan fingerprint density at radius 3 is 2.76 bits per heavy atom. The van der Waals surface area contributed by atoms with Crippen LogP contribution in [-0.2, 0) is 11.8 Å². The minimum Gasteiger partial charge on any atom is -0.474 e. The molecule has 10 nitrogen and oxygen atoms in total. The maximum atomic E-state index is 9.91. The zero-order valence-electron chi connectivity index (χ0n) is 25.7. The van der Waals surface area contributed by atoms with Crippen molar-refractivity contribution in [3.63, 3.8) is 0 Å². The summed E-state index contributed by atoms with van der Waals surface area (Å²) < 4.78 is 12.4. The van der Waals surface area contributed by atoms with Crippen molar-refractivity contribution in [2.75, 3.05) is 37.3 Å². The maximum absolute atomic E-state index is 9.91. The van der Waals surface area contributed by atoms with Crippen LogP contribution in [0.15, 0.2) is 16.7 Å². The molecule has 3 aromatic heterocycles. The van der Waals surface area contributed by atoms with Crippen LogP contribution in [0.4, 0.5) is 10.8 Å². The average Bonchev–Trinajstić information content (AvgIpc) is 3.58. The molecule has 4 N–H and O–H groups in total. The second-order valence-electron chi connectivity index (χ2n) is 12.3. The number of aromatic nitrogens is 3. The first-order chi connectivity index (χ1) is 20.1. The zero-order valence-corrected chi connectivity index (χ0v) is 26.5. The van der Waals surface area contributed by atoms with Gasteiger partial charge in [0.1, 0.15) is 23.0 Å². The monoisotopic (exact) mass is 592 g/mol. The summed E-state index contributed by atoms with van der Waals surface area (Å²) in [5, 5.41) is 21.8. The Morgan fingerprint density at radius 2 is 2.05 bits per heavy atom. The fraction of sp³-hybridized carbons (Fsp3) is 0.613. The summed E-state index contributed by atoms with van der Waals surface area (Å²) in [6, 6.07) is 6.87. The number of nitrogens with two attached hydrogens (primary N) is 1. The molecule has 0 radical (unpaired) electrons. The molecule has 1 aliphatic carbocycles. The van der Waals surface area contributed by atoms with E-state index in [-0.39, 0.29) is 6.10 Å². The number of piperazine rings is 1. The van der Waals surface area contributed by atoms with Gasteiger partial charge in [-0.15, -0.1) is 11.3 Å². The Morgan fingerprint density at radius 1 is 1.29 bits per heavy atom. The number of rotatable bonds is 10. The molecule has 1 saturated heterocycles. The SMILES string of the molecule is CNCCCC(C)[C@H](C)Oc1cc(N2C[C@@H](C)N[C@@H](C)C2)nc(-c2cc([C@@]3(C)CCCc4sc(N)c(C#N)c43)no2)n1. The van der Waals surface area contributed by atoms with Gasteiger partial charge in [0, 0.05) is 47.6 Å². The number of ether oxygens (including phenoxy) is 1. The minimum atomic E-state index is -0.480. The number of nitrogens with one attached hydrogen (secondary N) is 2. The van der Waals surface area contributed by atoms with E-state index in [0.29, 0.717) is 46.0 Å². The van der Waals surface area contributed by atoms with Crippen LogP contribution in [0.25, 0.3) is 11.6 Å². The third-order valence-electron chi connectivity index (χ3n) is 8.81. The molecule has 0 aromatic carbocycles.